The van der Waals surface area contributed by atoms with Crippen LogP contribution in [0.1, 0.15) is 54.9 Å². The van der Waals surface area contributed by atoms with Gasteiger partial charge in [-0.1, -0.05) is 25.3 Å². The average molecular weight is 503 g/mol. The van der Waals surface area contributed by atoms with Crippen molar-refractivity contribution < 1.29 is 27.4 Å². The maximum Gasteiger partial charge on any atom is 0.416 e. The van der Waals surface area contributed by atoms with Crippen molar-refractivity contribution in [3.8, 4) is 11.5 Å². The lowest BCUT2D eigenvalue weighted by Crippen LogP contribution is -2.44. The van der Waals surface area contributed by atoms with Crippen LogP contribution in [0, 0.1) is 0 Å². The van der Waals surface area contributed by atoms with Crippen molar-refractivity contribution in [3.05, 3.63) is 63.9 Å². The molecule has 1 heterocycles. The Hall–Kier alpha value is -3.49. The van der Waals surface area contributed by atoms with Crippen molar-refractivity contribution in [1.82, 2.24) is 4.57 Å². The van der Waals surface area contributed by atoms with Crippen LogP contribution in [0.3, 0.4) is 0 Å². The second kappa shape index (κ2) is 10.2. The van der Waals surface area contributed by atoms with Gasteiger partial charge >= 0.3 is 6.18 Å². The molecule has 4 rings (SSSR count). The number of alkyl halides is 3. The zero-order valence-electron chi connectivity index (χ0n) is 20.5. The first kappa shape index (κ1) is 25.6. The average Bonchev–Trinajstić information content (AvgIpc) is 2.87. The Balaban J connectivity index is 1.94. The van der Waals surface area contributed by atoms with E-state index in [0.717, 1.165) is 31.4 Å². The second-order valence-electron chi connectivity index (χ2n) is 8.87. The van der Waals surface area contributed by atoms with E-state index in [1.165, 1.54) is 28.7 Å². The molecular weight excluding hydrogens is 473 g/mol. The molecule has 6 nitrogen and oxygen atoms in total. The van der Waals surface area contributed by atoms with Crippen LogP contribution in [0.5, 0.6) is 11.5 Å². The predicted molar refractivity (Wildman–Crippen MR) is 132 cm³/mol. The van der Waals surface area contributed by atoms with Gasteiger partial charge in [0.25, 0.3) is 11.5 Å². The molecule has 1 amide bonds. The van der Waals surface area contributed by atoms with Gasteiger partial charge in [-0.3, -0.25) is 9.59 Å². The maximum absolute atomic E-state index is 14.2. The third kappa shape index (κ3) is 4.66. The predicted octanol–water partition coefficient (Wildman–Crippen LogP) is 5.94. The van der Waals surface area contributed by atoms with Gasteiger partial charge in [-0.25, -0.2) is 0 Å². The number of hydrogen-bond donors (Lipinski definition) is 0. The molecule has 0 spiro atoms. The van der Waals surface area contributed by atoms with E-state index in [4.69, 9.17) is 9.47 Å². The number of amides is 1. The zero-order valence-corrected chi connectivity index (χ0v) is 20.5. The molecule has 0 unspecified atom stereocenters. The van der Waals surface area contributed by atoms with Crippen molar-refractivity contribution in [2.24, 2.45) is 7.05 Å². The van der Waals surface area contributed by atoms with Gasteiger partial charge < -0.3 is 18.9 Å². The molecule has 1 aliphatic carbocycles. The van der Waals surface area contributed by atoms with E-state index in [1.807, 2.05) is 0 Å². The summed E-state index contributed by atoms with van der Waals surface area (Å²) in [5, 5.41) is 0.489. The van der Waals surface area contributed by atoms with Crippen LogP contribution in [0.4, 0.5) is 18.9 Å². The zero-order chi connectivity index (χ0) is 26.0. The van der Waals surface area contributed by atoms with Gasteiger partial charge in [0.05, 0.1) is 30.2 Å². The number of rotatable bonds is 6. The molecule has 1 aromatic heterocycles. The summed E-state index contributed by atoms with van der Waals surface area (Å²) < 4.78 is 52.4. The molecule has 192 valence electrons. The topological polar surface area (TPSA) is 60.8 Å². The Morgan fingerprint density at radius 3 is 2.33 bits per heavy atom. The van der Waals surface area contributed by atoms with Crippen molar-refractivity contribution >= 4 is 22.5 Å². The van der Waals surface area contributed by atoms with Gasteiger partial charge in [-0.2, -0.15) is 13.2 Å². The van der Waals surface area contributed by atoms with Gasteiger partial charge in [0.2, 0.25) is 0 Å². The number of carbonyl (C=O) groups is 1. The van der Waals surface area contributed by atoms with Crippen LogP contribution in [0.2, 0.25) is 0 Å². The number of carbonyl (C=O) groups excluding carboxylic acids is 1. The van der Waals surface area contributed by atoms with Gasteiger partial charge in [-0.15, -0.1) is 0 Å². The number of benzene rings is 2. The summed E-state index contributed by atoms with van der Waals surface area (Å²) >= 11 is 0. The van der Waals surface area contributed by atoms with Crippen LogP contribution >= 0.6 is 0 Å². The third-order valence-electron chi connectivity index (χ3n) is 6.69. The van der Waals surface area contributed by atoms with E-state index in [-0.39, 0.29) is 24.0 Å². The van der Waals surface area contributed by atoms with Crippen LogP contribution < -0.4 is 19.9 Å². The molecule has 0 atom stereocenters. The molecule has 1 fully saturated rings. The number of methoxy groups -OCH3 is 1. The van der Waals surface area contributed by atoms with Crippen molar-refractivity contribution in [2.45, 2.75) is 51.2 Å². The van der Waals surface area contributed by atoms with Crippen molar-refractivity contribution in [3.63, 3.8) is 0 Å². The fraction of sp³-hybridized carbons (Fsp3) is 0.407. The molecule has 0 bridgehead atoms. The smallest absolute Gasteiger partial charge is 0.416 e. The standard InChI is InChI=1S/C27H29F3N2O4/c1-4-36-24-22-20(11-8-12-21(22)35-3)31(2)25(33)23(24)26(34)32(18-9-6-5-7-10-18)19-15-13-17(14-16-19)27(28,29)30/h8,11-16,18H,4-7,9-10H2,1-3H3. The highest BCUT2D eigenvalue weighted by Crippen LogP contribution is 2.38. The van der Waals surface area contributed by atoms with Gasteiger partial charge in [0.1, 0.15) is 11.3 Å². The van der Waals surface area contributed by atoms with Crippen LogP contribution in [0.15, 0.2) is 47.3 Å². The molecule has 2 aromatic carbocycles. The Bertz CT molecular complexity index is 1310. The largest absolute Gasteiger partial charge is 0.496 e. The van der Waals surface area contributed by atoms with E-state index in [9.17, 15) is 22.8 Å². The highest BCUT2D eigenvalue weighted by molar-refractivity contribution is 6.11. The molecule has 36 heavy (non-hydrogen) atoms. The lowest BCUT2D eigenvalue weighted by atomic mass is 9.93. The summed E-state index contributed by atoms with van der Waals surface area (Å²) in [7, 11) is 3.06. The van der Waals surface area contributed by atoms with Gasteiger partial charge in [0.15, 0.2) is 5.75 Å². The fourth-order valence-electron chi connectivity index (χ4n) is 4.94. The number of anilines is 1. The SMILES string of the molecule is CCOc1c(C(=O)N(c2ccc(C(F)(F)F)cc2)C2CCCCC2)c(=O)n(C)c2cccc(OC)c12. The molecule has 1 aliphatic rings. The minimum atomic E-state index is -4.49. The third-order valence-corrected chi connectivity index (χ3v) is 6.69. The fourth-order valence-corrected chi connectivity index (χ4v) is 4.94. The molecule has 0 aliphatic heterocycles. The summed E-state index contributed by atoms with van der Waals surface area (Å²) in [5.74, 6) is -0.0383. The van der Waals surface area contributed by atoms with Crippen molar-refractivity contribution in [2.75, 3.05) is 18.6 Å². The number of aromatic nitrogens is 1. The molecule has 1 saturated carbocycles. The van der Waals surface area contributed by atoms with E-state index in [0.29, 0.717) is 35.2 Å². The van der Waals surface area contributed by atoms with E-state index >= 15 is 0 Å². The van der Waals surface area contributed by atoms with Gasteiger partial charge in [-0.05, 0) is 56.2 Å². The first-order chi connectivity index (χ1) is 17.2. The summed E-state index contributed by atoms with van der Waals surface area (Å²) in [6.45, 7) is 1.95. The van der Waals surface area contributed by atoms with Crippen LogP contribution in [-0.4, -0.2) is 30.2 Å². The quantitative estimate of drug-likeness (QED) is 0.418. The Morgan fingerprint density at radius 2 is 1.75 bits per heavy atom. The highest BCUT2D eigenvalue weighted by Gasteiger charge is 2.35. The molecular formula is C27H29F3N2O4. The number of ether oxygens (including phenoxy) is 2. The first-order valence-corrected chi connectivity index (χ1v) is 12.0. The Kier molecular flexibility index (Phi) is 7.28. The summed E-state index contributed by atoms with van der Waals surface area (Å²) in [6, 6.07) is 9.46. The number of aryl methyl sites for hydroxylation is 1. The summed E-state index contributed by atoms with van der Waals surface area (Å²) in [6.07, 6.45) is -0.328. The van der Waals surface area contributed by atoms with Crippen molar-refractivity contribution in [1.29, 1.82) is 0 Å². The van der Waals surface area contributed by atoms with Gasteiger partial charge in [0, 0.05) is 18.8 Å². The maximum atomic E-state index is 14.2. The lowest BCUT2D eigenvalue weighted by Gasteiger charge is -2.35. The van der Waals surface area contributed by atoms with Crippen LogP contribution in [-0.2, 0) is 13.2 Å². The molecule has 0 N–H and O–H groups in total. The minimum Gasteiger partial charge on any atom is -0.496 e. The number of fused-ring (bicyclic) bond motifs is 1. The number of nitrogens with zero attached hydrogens (tertiary/aromatic N) is 2. The highest BCUT2D eigenvalue weighted by atomic mass is 19.4. The van der Waals surface area contributed by atoms with E-state index in [1.54, 1.807) is 32.2 Å². The first-order valence-electron chi connectivity index (χ1n) is 12.0. The molecule has 3 aromatic rings. The lowest BCUT2D eigenvalue weighted by molar-refractivity contribution is -0.137. The Labute approximate surface area is 207 Å². The normalized spacial score (nSPS) is 14.6. The van der Waals surface area contributed by atoms with E-state index in [2.05, 4.69) is 0 Å². The number of pyridine rings is 1. The molecule has 0 radical (unpaired) electrons. The minimum absolute atomic E-state index is 0.116. The number of hydrogen-bond acceptors (Lipinski definition) is 4. The summed E-state index contributed by atoms with van der Waals surface area (Å²) in [5.41, 5.74) is -0.662. The number of halogens is 3. The second-order valence-corrected chi connectivity index (χ2v) is 8.87. The monoisotopic (exact) mass is 502 g/mol. The molecule has 0 saturated heterocycles. The summed E-state index contributed by atoms with van der Waals surface area (Å²) in [4.78, 5) is 29.2. The van der Waals surface area contributed by atoms with Crippen LogP contribution in [0.25, 0.3) is 10.9 Å². The molecule has 9 heteroatoms. The van der Waals surface area contributed by atoms with E-state index < -0.39 is 23.2 Å². The Morgan fingerprint density at radius 1 is 1.08 bits per heavy atom.